The molecule has 0 saturated carbocycles. The maximum Gasteiger partial charge on any atom is 0.412 e. The van der Waals surface area contributed by atoms with Crippen LogP contribution in [0.4, 0.5) is 4.79 Å². The van der Waals surface area contributed by atoms with Crippen molar-refractivity contribution in [3.63, 3.8) is 0 Å². The van der Waals surface area contributed by atoms with E-state index in [9.17, 15) is 4.79 Å². The number of rotatable bonds is 4. The van der Waals surface area contributed by atoms with Gasteiger partial charge in [-0.3, -0.25) is 4.90 Å². The van der Waals surface area contributed by atoms with Crippen LogP contribution in [-0.4, -0.2) is 37.0 Å². The number of nitrogens with zero attached hydrogens (tertiary/aromatic N) is 1. The third kappa shape index (κ3) is 2.38. The van der Waals surface area contributed by atoms with E-state index in [2.05, 4.69) is 13.8 Å². The quantitative estimate of drug-likeness (QED) is 0.696. The molecule has 1 amide bonds. The van der Waals surface area contributed by atoms with Crippen LogP contribution >= 0.6 is 0 Å². The van der Waals surface area contributed by atoms with Gasteiger partial charge in [-0.15, -0.1) is 0 Å². The highest BCUT2D eigenvalue weighted by Gasteiger charge is 2.40. The summed E-state index contributed by atoms with van der Waals surface area (Å²) in [4.78, 5) is 12.8. The van der Waals surface area contributed by atoms with Crippen LogP contribution in [0.15, 0.2) is 0 Å². The first-order valence-electron chi connectivity index (χ1n) is 5.11. The number of carbonyl (C=O) groups excluding carboxylic acids is 1. The lowest BCUT2D eigenvalue weighted by molar-refractivity contribution is -0.0448. The second-order valence-corrected chi connectivity index (χ2v) is 4.01. The Hall–Kier alpha value is -0.770. The van der Waals surface area contributed by atoms with Gasteiger partial charge < -0.3 is 9.47 Å². The first kappa shape index (κ1) is 11.3. The average Bonchev–Trinajstić information content (AvgIpc) is 2.32. The van der Waals surface area contributed by atoms with E-state index < -0.39 is 0 Å². The molecule has 14 heavy (non-hydrogen) atoms. The van der Waals surface area contributed by atoms with Gasteiger partial charge in [0.05, 0.1) is 0 Å². The van der Waals surface area contributed by atoms with E-state index in [1.165, 1.54) is 4.90 Å². The Labute approximate surface area is 85.2 Å². The van der Waals surface area contributed by atoms with Crippen molar-refractivity contribution in [2.24, 2.45) is 5.92 Å². The van der Waals surface area contributed by atoms with Crippen molar-refractivity contribution in [1.29, 1.82) is 0 Å². The zero-order valence-electron chi connectivity index (χ0n) is 9.32. The lowest BCUT2D eigenvalue weighted by atomic mass is 10.1. The molecule has 4 heteroatoms. The average molecular weight is 201 g/mol. The summed E-state index contributed by atoms with van der Waals surface area (Å²) in [6.45, 7) is 6.73. The van der Waals surface area contributed by atoms with Crippen molar-refractivity contribution >= 4 is 6.09 Å². The van der Waals surface area contributed by atoms with Crippen LogP contribution in [0, 0.1) is 5.92 Å². The molecule has 1 aliphatic heterocycles. The molecule has 0 aromatic carbocycles. The minimum absolute atomic E-state index is 0.118. The van der Waals surface area contributed by atoms with Gasteiger partial charge in [-0.2, -0.15) is 0 Å². The first-order valence-corrected chi connectivity index (χ1v) is 5.11. The minimum Gasteiger partial charge on any atom is -0.441 e. The predicted molar refractivity (Wildman–Crippen MR) is 52.9 cm³/mol. The second kappa shape index (κ2) is 4.64. The molecule has 0 unspecified atom stereocenters. The Balaban J connectivity index is 2.59. The second-order valence-electron chi connectivity index (χ2n) is 4.01. The molecular weight excluding hydrogens is 182 g/mol. The highest BCUT2D eigenvalue weighted by molar-refractivity contribution is 5.69. The smallest absolute Gasteiger partial charge is 0.412 e. The Kier molecular flexibility index (Phi) is 3.75. The molecule has 1 rings (SSSR count). The topological polar surface area (TPSA) is 38.8 Å². The molecule has 1 heterocycles. The molecule has 0 aromatic rings. The fraction of sp³-hybridized carbons (Fsp3) is 0.900. The van der Waals surface area contributed by atoms with Gasteiger partial charge in [0, 0.05) is 13.7 Å². The number of likely N-dealkylation sites (N-methyl/N-ethyl adjacent to an activating group) is 1. The summed E-state index contributed by atoms with van der Waals surface area (Å²) in [5, 5.41) is 0. The van der Waals surface area contributed by atoms with Crippen LogP contribution in [0.25, 0.3) is 0 Å². The Morgan fingerprint density at radius 3 is 2.71 bits per heavy atom. The Bertz CT molecular complexity index is 206. The molecular formula is C10H19NO3. The highest BCUT2D eigenvalue weighted by atomic mass is 16.6. The molecule has 1 aliphatic rings. The molecule has 1 fully saturated rings. The normalized spacial score (nSPS) is 27.2. The number of cyclic esters (lactones) is 1. The Morgan fingerprint density at radius 2 is 2.21 bits per heavy atom. The van der Waals surface area contributed by atoms with Gasteiger partial charge in [-0.25, -0.2) is 4.79 Å². The summed E-state index contributed by atoms with van der Waals surface area (Å²) >= 11 is 0. The SMILES string of the molecule is CCO[C@H]1[C@H](CC(C)C)OC(=O)N1C. The molecule has 0 radical (unpaired) electrons. The Morgan fingerprint density at radius 1 is 1.57 bits per heavy atom. The molecule has 1 saturated heterocycles. The van der Waals surface area contributed by atoms with Crippen molar-refractivity contribution in [1.82, 2.24) is 4.90 Å². The maximum absolute atomic E-state index is 11.3. The largest absolute Gasteiger partial charge is 0.441 e. The first-order chi connectivity index (χ1) is 6.56. The molecule has 0 N–H and O–H groups in total. The molecule has 0 aliphatic carbocycles. The van der Waals surface area contributed by atoms with Gasteiger partial charge in [-0.05, 0) is 19.3 Å². The van der Waals surface area contributed by atoms with E-state index in [1.54, 1.807) is 7.05 Å². The lowest BCUT2D eigenvalue weighted by Crippen LogP contribution is -2.36. The summed E-state index contributed by atoms with van der Waals surface area (Å²) in [5.41, 5.74) is 0. The zero-order valence-corrected chi connectivity index (χ0v) is 9.32. The number of ether oxygens (including phenoxy) is 2. The monoisotopic (exact) mass is 201 g/mol. The van der Waals surface area contributed by atoms with Crippen LogP contribution < -0.4 is 0 Å². The molecule has 0 aromatic heterocycles. The zero-order chi connectivity index (χ0) is 10.7. The maximum atomic E-state index is 11.3. The third-order valence-corrected chi connectivity index (χ3v) is 2.28. The minimum atomic E-state index is -0.283. The number of amides is 1. The van der Waals surface area contributed by atoms with E-state index in [1.807, 2.05) is 6.92 Å². The van der Waals surface area contributed by atoms with Crippen LogP contribution in [-0.2, 0) is 9.47 Å². The fourth-order valence-electron chi connectivity index (χ4n) is 1.64. The van der Waals surface area contributed by atoms with Gasteiger partial charge in [-0.1, -0.05) is 13.8 Å². The van der Waals surface area contributed by atoms with Gasteiger partial charge in [0.2, 0.25) is 0 Å². The van der Waals surface area contributed by atoms with E-state index in [4.69, 9.17) is 9.47 Å². The van der Waals surface area contributed by atoms with Crippen molar-refractivity contribution < 1.29 is 14.3 Å². The number of hydrogen-bond acceptors (Lipinski definition) is 3. The van der Waals surface area contributed by atoms with Crippen LogP contribution in [0.5, 0.6) is 0 Å². The lowest BCUT2D eigenvalue weighted by Gasteiger charge is -2.21. The predicted octanol–water partition coefficient (Wildman–Crippen LogP) is 1.85. The van der Waals surface area contributed by atoms with E-state index >= 15 is 0 Å². The number of carbonyl (C=O) groups is 1. The van der Waals surface area contributed by atoms with Crippen molar-refractivity contribution in [3.05, 3.63) is 0 Å². The van der Waals surface area contributed by atoms with Gasteiger partial charge >= 0.3 is 6.09 Å². The van der Waals surface area contributed by atoms with Crippen LogP contribution in [0.2, 0.25) is 0 Å². The summed E-state index contributed by atoms with van der Waals surface area (Å²) in [6, 6.07) is 0. The van der Waals surface area contributed by atoms with E-state index in [-0.39, 0.29) is 18.4 Å². The summed E-state index contributed by atoms with van der Waals surface area (Å²) in [7, 11) is 1.71. The molecule has 82 valence electrons. The molecule has 2 atom stereocenters. The molecule has 0 spiro atoms. The van der Waals surface area contributed by atoms with Crippen LogP contribution in [0.3, 0.4) is 0 Å². The standard InChI is InChI=1S/C10H19NO3/c1-5-13-9-8(6-7(2)3)14-10(12)11(9)4/h7-9H,5-6H2,1-4H3/t8-,9-/m0/s1. The summed E-state index contributed by atoms with van der Waals surface area (Å²) in [6.07, 6.45) is 0.234. The number of hydrogen-bond donors (Lipinski definition) is 0. The van der Waals surface area contributed by atoms with E-state index in [0.29, 0.717) is 12.5 Å². The fourth-order valence-corrected chi connectivity index (χ4v) is 1.64. The summed E-state index contributed by atoms with van der Waals surface area (Å²) < 4.78 is 10.7. The van der Waals surface area contributed by atoms with Crippen molar-refractivity contribution in [2.45, 2.75) is 39.5 Å². The van der Waals surface area contributed by atoms with Gasteiger partial charge in [0.25, 0.3) is 0 Å². The van der Waals surface area contributed by atoms with Gasteiger partial charge in [0.15, 0.2) is 6.23 Å². The highest BCUT2D eigenvalue weighted by Crippen LogP contribution is 2.24. The van der Waals surface area contributed by atoms with E-state index in [0.717, 1.165) is 6.42 Å². The van der Waals surface area contributed by atoms with Gasteiger partial charge in [0.1, 0.15) is 6.10 Å². The molecule has 0 bridgehead atoms. The van der Waals surface area contributed by atoms with Crippen LogP contribution in [0.1, 0.15) is 27.2 Å². The summed E-state index contributed by atoms with van der Waals surface area (Å²) in [5.74, 6) is 0.502. The third-order valence-electron chi connectivity index (χ3n) is 2.28. The van der Waals surface area contributed by atoms with Crippen molar-refractivity contribution in [3.8, 4) is 0 Å². The molecule has 4 nitrogen and oxygen atoms in total. The van der Waals surface area contributed by atoms with Crippen molar-refractivity contribution in [2.75, 3.05) is 13.7 Å².